The fourth-order valence-electron chi connectivity index (χ4n) is 2.15. The van der Waals surface area contributed by atoms with E-state index >= 15 is 0 Å². The highest BCUT2D eigenvalue weighted by molar-refractivity contribution is 14.0. The summed E-state index contributed by atoms with van der Waals surface area (Å²) in [5, 5.41) is 7.26. The second kappa shape index (κ2) is 10.2. The van der Waals surface area contributed by atoms with Crippen molar-refractivity contribution in [3.05, 3.63) is 22.7 Å². The van der Waals surface area contributed by atoms with Gasteiger partial charge in [-0.3, -0.25) is 4.99 Å². The highest BCUT2D eigenvalue weighted by atomic mass is 127. The summed E-state index contributed by atoms with van der Waals surface area (Å²) >= 11 is 6.32. The Morgan fingerprint density at radius 3 is 2.62 bits per heavy atom. The monoisotopic (exact) mass is 467 g/mol. The number of benzene rings is 1. The third kappa shape index (κ3) is 5.88. The number of fused-ring (bicyclic) bond motifs is 1. The van der Waals surface area contributed by atoms with Crippen LogP contribution in [0.2, 0.25) is 5.02 Å². The Balaban J connectivity index is 0.00000288. The summed E-state index contributed by atoms with van der Waals surface area (Å²) in [7, 11) is 1.77. The quantitative estimate of drug-likeness (QED) is 0.401. The van der Waals surface area contributed by atoms with Gasteiger partial charge in [0.05, 0.1) is 18.2 Å². The van der Waals surface area contributed by atoms with Gasteiger partial charge in [0.2, 0.25) is 0 Å². The van der Waals surface area contributed by atoms with Crippen LogP contribution in [-0.4, -0.2) is 32.3 Å². The molecule has 0 aromatic heterocycles. The molecule has 0 radical (unpaired) electrons. The fraction of sp³-hybridized carbons (Fsp3) is 0.588. The number of hydrogen-bond acceptors (Lipinski definition) is 3. The number of rotatable bonds is 4. The first-order valence-corrected chi connectivity index (χ1v) is 8.44. The van der Waals surface area contributed by atoms with Gasteiger partial charge in [-0.25, -0.2) is 0 Å². The maximum absolute atomic E-state index is 6.32. The molecule has 24 heavy (non-hydrogen) atoms. The summed E-state index contributed by atoms with van der Waals surface area (Å²) in [6.07, 6.45) is 0.863. The van der Waals surface area contributed by atoms with Crippen LogP contribution in [0.1, 0.15) is 32.8 Å². The minimum absolute atomic E-state index is 0. The van der Waals surface area contributed by atoms with Crippen molar-refractivity contribution in [1.29, 1.82) is 0 Å². The largest absolute Gasteiger partial charge is 0.489 e. The van der Waals surface area contributed by atoms with Crippen molar-refractivity contribution >= 4 is 41.5 Å². The fourth-order valence-corrected chi connectivity index (χ4v) is 2.44. The predicted octanol–water partition coefficient (Wildman–Crippen LogP) is 3.83. The molecule has 0 fully saturated rings. The Morgan fingerprint density at radius 1 is 1.25 bits per heavy atom. The van der Waals surface area contributed by atoms with Gasteiger partial charge in [0.1, 0.15) is 0 Å². The molecule has 1 unspecified atom stereocenters. The Hall–Kier alpha value is -0.890. The Bertz CT molecular complexity index is 567. The van der Waals surface area contributed by atoms with E-state index < -0.39 is 0 Å². The third-order valence-electron chi connectivity index (χ3n) is 3.91. The molecule has 5 nitrogen and oxygen atoms in total. The first-order valence-electron chi connectivity index (χ1n) is 8.06. The molecule has 0 saturated carbocycles. The van der Waals surface area contributed by atoms with Crippen molar-refractivity contribution in [1.82, 2.24) is 10.6 Å². The molecular weight excluding hydrogens is 441 g/mol. The predicted molar refractivity (Wildman–Crippen MR) is 110 cm³/mol. The van der Waals surface area contributed by atoms with Crippen molar-refractivity contribution in [2.45, 2.75) is 39.8 Å². The lowest BCUT2D eigenvalue weighted by Crippen LogP contribution is -2.43. The number of nitrogens with one attached hydrogen (secondary N) is 2. The van der Waals surface area contributed by atoms with Gasteiger partial charge in [-0.2, -0.15) is 0 Å². The van der Waals surface area contributed by atoms with Gasteiger partial charge in [0.25, 0.3) is 0 Å². The number of guanidine groups is 1. The molecule has 0 saturated heterocycles. The molecular formula is C17H27ClIN3O2. The first-order chi connectivity index (χ1) is 11.0. The van der Waals surface area contributed by atoms with E-state index in [2.05, 4.69) is 36.4 Å². The maximum atomic E-state index is 6.32. The van der Waals surface area contributed by atoms with Gasteiger partial charge in [0, 0.05) is 26.1 Å². The zero-order valence-electron chi connectivity index (χ0n) is 14.7. The molecule has 1 atom stereocenters. The minimum atomic E-state index is 0. The van der Waals surface area contributed by atoms with Crippen LogP contribution in [0.25, 0.3) is 0 Å². The molecule has 136 valence electrons. The summed E-state index contributed by atoms with van der Waals surface area (Å²) in [6, 6.07) is 4.22. The smallest absolute Gasteiger partial charge is 0.191 e. The Labute approximate surface area is 166 Å². The lowest BCUT2D eigenvalue weighted by Gasteiger charge is -2.21. The van der Waals surface area contributed by atoms with E-state index in [9.17, 15) is 0 Å². The molecule has 1 aromatic carbocycles. The normalized spacial score (nSPS) is 15.3. The number of aliphatic imine (C=N–C) groups is 1. The van der Waals surface area contributed by atoms with E-state index in [1.807, 2.05) is 12.1 Å². The van der Waals surface area contributed by atoms with E-state index in [1.165, 1.54) is 0 Å². The van der Waals surface area contributed by atoms with Crippen molar-refractivity contribution in [3.63, 3.8) is 0 Å². The van der Waals surface area contributed by atoms with Gasteiger partial charge in [-0.05, 0) is 30.5 Å². The minimum Gasteiger partial charge on any atom is -0.489 e. The van der Waals surface area contributed by atoms with E-state index in [0.29, 0.717) is 48.2 Å². The molecule has 0 bridgehead atoms. The highest BCUT2D eigenvalue weighted by Gasteiger charge is 2.16. The summed E-state index contributed by atoms with van der Waals surface area (Å²) in [6.45, 7) is 8.38. The number of ether oxygens (including phenoxy) is 2. The third-order valence-corrected chi connectivity index (χ3v) is 4.19. The molecule has 1 aliphatic rings. The average molecular weight is 468 g/mol. The van der Waals surface area contributed by atoms with E-state index in [1.54, 1.807) is 7.05 Å². The van der Waals surface area contributed by atoms with Crippen molar-refractivity contribution < 1.29 is 9.47 Å². The number of nitrogens with zero attached hydrogens (tertiary/aromatic N) is 1. The maximum Gasteiger partial charge on any atom is 0.191 e. The first kappa shape index (κ1) is 21.2. The lowest BCUT2D eigenvalue weighted by atomic mass is 10.1. The highest BCUT2D eigenvalue weighted by Crippen LogP contribution is 2.37. The van der Waals surface area contributed by atoms with Crippen LogP contribution in [0.3, 0.4) is 0 Å². The molecule has 0 amide bonds. The van der Waals surface area contributed by atoms with Crippen LogP contribution in [0.5, 0.6) is 11.5 Å². The zero-order chi connectivity index (χ0) is 16.8. The van der Waals surface area contributed by atoms with Crippen LogP contribution >= 0.6 is 35.6 Å². The van der Waals surface area contributed by atoms with E-state index in [4.69, 9.17) is 21.1 Å². The van der Waals surface area contributed by atoms with Crippen molar-refractivity contribution in [2.24, 2.45) is 10.9 Å². The zero-order valence-corrected chi connectivity index (χ0v) is 17.8. The topological polar surface area (TPSA) is 54.9 Å². The number of halogens is 2. The lowest BCUT2D eigenvalue weighted by molar-refractivity contribution is 0.297. The van der Waals surface area contributed by atoms with Crippen LogP contribution in [0.15, 0.2) is 17.1 Å². The molecule has 1 heterocycles. The van der Waals surface area contributed by atoms with E-state index in [-0.39, 0.29) is 24.0 Å². The molecule has 2 N–H and O–H groups in total. The van der Waals surface area contributed by atoms with Crippen LogP contribution in [0, 0.1) is 5.92 Å². The Kier molecular flexibility index (Phi) is 8.97. The second-order valence-electron chi connectivity index (χ2n) is 6.06. The van der Waals surface area contributed by atoms with Crippen molar-refractivity contribution in [3.8, 4) is 11.5 Å². The second-order valence-corrected chi connectivity index (χ2v) is 6.47. The van der Waals surface area contributed by atoms with E-state index in [0.717, 1.165) is 17.9 Å². The summed E-state index contributed by atoms with van der Waals surface area (Å²) in [4.78, 5) is 4.26. The molecule has 0 spiro atoms. The molecule has 7 heteroatoms. The van der Waals surface area contributed by atoms with Crippen molar-refractivity contribution in [2.75, 3.05) is 20.3 Å². The molecule has 2 rings (SSSR count). The Morgan fingerprint density at radius 2 is 1.96 bits per heavy atom. The van der Waals surface area contributed by atoms with Gasteiger partial charge in [-0.15, -0.1) is 24.0 Å². The van der Waals surface area contributed by atoms with Crippen LogP contribution < -0.4 is 20.1 Å². The average Bonchev–Trinajstić information content (AvgIpc) is 2.76. The summed E-state index contributed by atoms with van der Waals surface area (Å²) in [5.41, 5.74) is 1.03. The van der Waals surface area contributed by atoms with Crippen LogP contribution in [0.4, 0.5) is 0 Å². The summed E-state index contributed by atoms with van der Waals surface area (Å²) < 4.78 is 11.4. The van der Waals surface area contributed by atoms with Gasteiger partial charge in [-0.1, -0.05) is 25.4 Å². The van der Waals surface area contributed by atoms with Gasteiger partial charge >= 0.3 is 0 Å². The SMILES string of the molecule is CN=C(NCc1cc(Cl)c2c(c1)OCCCO2)NC(C)C(C)C.I. The number of hydrogen-bond donors (Lipinski definition) is 2. The molecule has 0 aliphatic carbocycles. The van der Waals surface area contributed by atoms with Gasteiger partial charge in [0.15, 0.2) is 17.5 Å². The summed E-state index contributed by atoms with van der Waals surface area (Å²) in [5.74, 6) is 2.66. The standard InChI is InChI=1S/C17H26ClN3O2.HI/c1-11(2)12(3)21-17(19-4)20-10-13-8-14(18)16-15(9-13)22-6-5-7-23-16;/h8-9,11-12H,5-7,10H2,1-4H3,(H2,19,20,21);1H. The van der Waals surface area contributed by atoms with Gasteiger partial charge < -0.3 is 20.1 Å². The molecule has 1 aliphatic heterocycles. The molecule has 1 aromatic rings. The van der Waals surface area contributed by atoms with Crippen LogP contribution in [-0.2, 0) is 6.54 Å².